The highest BCUT2D eigenvalue weighted by Gasteiger charge is 2.39. The Labute approximate surface area is 53.8 Å². The first-order valence-electron chi connectivity index (χ1n) is 2.75. The Bertz CT molecular complexity index is 82.5. The number of aliphatic hydroxyl groups is 1. The minimum absolute atomic E-state index is 0.330. The molecule has 0 aromatic heterocycles. The van der Waals surface area contributed by atoms with Gasteiger partial charge in [-0.25, -0.2) is 0 Å². The van der Waals surface area contributed by atoms with Crippen LogP contribution in [-0.2, 0) is 0 Å². The third-order valence-electron chi connectivity index (χ3n) is 1.37. The molecule has 2 nitrogen and oxygen atoms in total. The SMILES string of the molecule is CSNCC1(O)CC1. The molecule has 3 heteroatoms. The van der Waals surface area contributed by atoms with Crippen molar-refractivity contribution in [2.24, 2.45) is 0 Å². The van der Waals surface area contributed by atoms with E-state index in [1.54, 1.807) is 11.9 Å². The predicted octanol–water partition coefficient (Wildman–Crippen LogP) is 0.379. The van der Waals surface area contributed by atoms with Gasteiger partial charge in [0, 0.05) is 6.54 Å². The van der Waals surface area contributed by atoms with E-state index in [9.17, 15) is 5.11 Å². The molecule has 1 fully saturated rings. The first-order valence-corrected chi connectivity index (χ1v) is 3.97. The summed E-state index contributed by atoms with van der Waals surface area (Å²) in [6, 6.07) is 0. The second-order valence-corrected chi connectivity index (χ2v) is 2.95. The Hall–Kier alpha value is 0.270. The zero-order valence-electron chi connectivity index (χ0n) is 4.98. The highest BCUT2D eigenvalue weighted by atomic mass is 32.2. The monoisotopic (exact) mass is 133 g/mol. The van der Waals surface area contributed by atoms with E-state index in [1.807, 2.05) is 6.26 Å². The second-order valence-electron chi connectivity index (χ2n) is 2.25. The summed E-state index contributed by atoms with van der Waals surface area (Å²) in [5.41, 5.74) is -0.330. The van der Waals surface area contributed by atoms with Gasteiger partial charge in [0.2, 0.25) is 0 Å². The molecule has 8 heavy (non-hydrogen) atoms. The summed E-state index contributed by atoms with van der Waals surface area (Å²) in [4.78, 5) is 0. The molecule has 1 aliphatic rings. The van der Waals surface area contributed by atoms with Crippen LogP contribution in [0.1, 0.15) is 12.8 Å². The van der Waals surface area contributed by atoms with E-state index in [0.29, 0.717) is 0 Å². The number of hydrogen-bond donors (Lipinski definition) is 2. The highest BCUT2D eigenvalue weighted by Crippen LogP contribution is 2.34. The average Bonchev–Trinajstić information content (AvgIpc) is 2.45. The highest BCUT2D eigenvalue weighted by molar-refractivity contribution is 7.96. The van der Waals surface area contributed by atoms with Crippen molar-refractivity contribution in [1.82, 2.24) is 4.72 Å². The Kier molecular flexibility index (Phi) is 1.80. The molecule has 0 aromatic rings. The van der Waals surface area contributed by atoms with E-state index in [2.05, 4.69) is 4.72 Å². The van der Waals surface area contributed by atoms with Gasteiger partial charge in [-0.15, -0.1) is 0 Å². The van der Waals surface area contributed by atoms with Crippen LogP contribution in [0.2, 0.25) is 0 Å². The van der Waals surface area contributed by atoms with Gasteiger partial charge in [-0.2, -0.15) is 0 Å². The molecule has 0 amide bonds. The van der Waals surface area contributed by atoms with Crippen molar-refractivity contribution in [1.29, 1.82) is 0 Å². The Morgan fingerprint density at radius 3 is 2.75 bits per heavy atom. The molecule has 0 aliphatic heterocycles. The van der Waals surface area contributed by atoms with Gasteiger partial charge in [0.1, 0.15) is 0 Å². The lowest BCUT2D eigenvalue weighted by Gasteiger charge is -2.04. The largest absolute Gasteiger partial charge is 0.389 e. The molecule has 1 saturated carbocycles. The van der Waals surface area contributed by atoms with Crippen molar-refractivity contribution >= 4 is 11.9 Å². The van der Waals surface area contributed by atoms with E-state index >= 15 is 0 Å². The molecular formula is C5H11NOS. The van der Waals surface area contributed by atoms with Crippen LogP contribution in [-0.4, -0.2) is 23.5 Å². The lowest BCUT2D eigenvalue weighted by atomic mass is 10.4. The van der Waals surface area contributed by atoms with E-state index in [0.717, 1.165) is 19.4 Å². The molecular weight excluding hydrogens is 122 g/mol. The summed E-state index contributed by atoms with van der Waals surface area (Å²) >= 11 is 1.56. The summed E-state index contributed by atoms with van der Waals surface area (Å²) in [5, 5.41) is 9.18. The summed E-state index contributed by atoms with van der Waals surface area (Å²) in [6.07, 6.45) is 3.91. The zero-order chi connectivity index (χ0) is 6.04. The van der Waals surface area contributed by atoms with Crippen LogP contribution in [0.4, 0.5) is 0 Å². The van der Waals surface area contributed by atoms with Crippen molar-refractivity contribution in [2.75, 3.05) is 12.8 Å². The maximum atomic E-state index is 9.18. The van der Waals surface area contributed by atoms with Gasteiger partial charge in [-0.3, -0.25) is 4.72 Å². The normalized spacial score (nSPS) is 23.2. The minimum Gasteiger partial charge on any atom is -0.389 e. The Morgan fingerprint density at radius 1 is 1.75 bits per heavy atom. The van der Waals surface area contributed by atoms with Crippen LogP contribution in [0, 0.1) is 0 Å². The van der Waals surface area contributed by atoms with Gasteiger partial charge in [-0.1, -0.05) is 11.9 Å². The van der Waals surface area contributed by atoms with Gasteiger partial charge >= 0.3 is 0 Å². The van der Waals surface area contributed by atoms with Gasteiger partial charge in [0.05, 0.1) is 5.60 Å². The molecule has 1 aliphatic carbocycles. The summed E-state index contributed by atoms with van der Waals surface area (Å²) in [7, 11) is 0. The molecule has 0 saturated heterocycles. The first kappa shape index (κ1) is 6.39. The van der Waals surface area contributed by atoms with Gasteiger partial charge in [-0.05, 0) is 19.1 Å². The topological polar surface area (TPSA) is 32.3 Å². The van der Waals surface area contributed by atoms with Crippen LogP contribution >= 0.6 is 11.9 Å². The fourth-order valence-corrected chi connectivity index (χ4v) is 0.941. The van der Waals surface area contributed by atoms with Crippen molar-refractivity contribution < 1.29 is 5.11 Å². The number of hydrogen-bond acceptors (Lipinski definition) is 3. The molecule has 1 rings (SSSR count). The molecule has 0 unspecified atom stereocenters. The fourth-order valence-electron chi connectivity index (χ4n) is 0.528. The Morgan fingerprint density at radius 2 is 2.38 bits per heavy atom. The molecule has 0 spiro atoms. The zero-order valence-corrected chi connectivity index (χ0v) is 5.79. The standard InChI is InChI=1S/C5H11NOS/c1-8-6-4-5(7)2-3-5/h6-7H,2-4H2,1H3. The fraction of sp³-hybridized carbons (Fsp3) is 1.00. The molecule has 0 radical (unpaired) electrons. The maximum absolute atomic E-state index is 9.18. The van der Waals surface area contributed by atoms with Crippen LogP contribution in [0.25, 0.3) is 0 Å². The molecule has 2 N–H and O–H groups in total. The smallest absolute Gasteiger partial charge is 0.0783 e. The summed E-state index contributed by atoms with van der Waals surface area (Å²) in [5.74, 6) is 0. The predicted molar refractivity (Wildman–Crippen MR) is 35.7 cm³/mol. The molecule has 0 heterocycles. The maximum Gasteiger partial charge on any atom is 0.0783 e. The van der Waals surface area contributed by atoms with E-state index in [1.165, 1.54) is 0 Å². The van der Waals surface area contributed by atoms with Gasteiger partial charge < -0.3 is 5.11 Å². The van der Waals surface area contributed by atoms with Crippen molar-refractivity contribution in [3.63, 3.8) is 0 Å². The van der Waals surface area contributed by atoms with Crippen LogP contribution in [0.3, 0.4) is 0 Å². The van der Waals surface area contributed by atoms with Crippen molar-refractivity contribution in [3.8, 4) is 0 Å². The van der Waals surface area contributed by atoms with Crippen molar-refractivity contribution in [3.05, 3.63) is 0 Å². The Balaban J connectivity index is 2.01. The van der Waals surface area contributed by atoms with Crippen LogP contribution < -0.4 is 4.72 Å². The average molecular weight is 133 g/mol. The van der Waals surface area contributed by atoms with Crippen LogP contribution in [0.5, 0.6) is 0 Å². The lowest BCUT2D eigenvalue weighted by molar-refractivity contribution is 0.156. The summed E-state index contributed by atoms with van der Waals surface area (Å²) < 4.78 is 3.02. The van der Waals surface area contributed by atoms with Crippen molar-refractivity contribution in [2.45, 2.75) is 18.4 Å². The van der Waals surface area contributed by atoms with Gasteiger partial charge in [0.15, 0.2) is 0 Å². The third kappa shape index (κ3) is 1.65. The number of rotatable bonds is 3. The lowest BCUT2D eigenvalue weighted by Crippen LogP contribution is -2.22. The minimum atomic E-state index is -0.330. The molecule has 0 bridgehead atoms. The van der Waals surface area contributed by atoms with Gasteiger partial charge in [0.25, 0.3) is 0 Å². The number of nitrogens with one attached hydrogen (secondary N) is 1. The van der Waals surface area contributed by atoms with E-state index < -0.39 is 0 Å². The van der Waals surface area contributed by atoms with Crippen LogP contribution in [0.15, 0.2) is 0 Å². The third-order valence-corrected chi connectivity index (χ3v) is 1.81. The molecule has 0 aromatic carbocycles. The summed E-state index contributed by atoms with van der Waals surface area (Å²) in [6.45, 7) is 0.744. The second kappa shape index (κ2) is 2.25. The molecule has 0 atom stereocenters. The van der Waals surface area contributed by atoms with E-state index in [-0.39, 0.29) is 5.60 Å². The first-order chi connectivity index (χ1) is 3.77. The quantitative estimate of drug-likeness (QED) is 0.546. The van der Waals surface area contributed by atoms with E-state index in [4.69, 9.17) is 0 Å². The molecule has 48 valence electrons.